The van der Waals surface area contributed by atoms with Crippen LogP contribution in [0.15, 0.2) is 86.0 Å². The molecule has 45 heavy (non-hydrogen) atoms. The normalized spacial score (nSPS) is 13.8. The van der Waals surface area contributed by atoms with Gasteiger partial charge in [-0.3, -0.25) is 19.2 Å². The van der Waals surface area contributed by atoms with Crippen molar-refractivity contribution in [3.8, 4) is 0 Å². The van der Waals surface area contributed by atoms with Crippen molar-refractivity contribution in [2.75, 3.05) is 13.2 Å². The van der Waals surface area contributed by atoms with Crippen LogP contribution >= 0.6 is 0 Å². The summed E-state index contributed by atoms with van der Waals surface area (Å²) in [7, 11) is 0. The maximum Gasteiger partial charge on any atom is 0.309 e. The molecule has 9 nitrogen and oxygen atoms in total. The summed E-state index contributed by atoms with van der Waals surface area (Å²) >= 11 is 0. The molecule has 0 bridgehead atoms. The molecule has 4 atom stereocenters. The number of allylic oxidation sites excluding steroid dienone is 2. The van der Waals surface area contributed by atoms with Crippen LogP contribution in [-0.2, 0) is 41.5 Å². The lowest BCUT2D eigenvalue weighted by Gasteiger charge is -2.24. The molecule has 244 valence electrons. The number of amides is 2. The average molecular weight is 621 g/mol. The van der Waals surface area contributed by atoms with Gasteiger partial charge in [0.1, 0.15) is 12.2 Å². The SMILES string of the molecule is C=CC[C@@H](CC(=O)N[C@H](CO)Cc1ccccc1)C(=O)N[C@H](COC(=O)[C@@H](CC=C)CC(=O)OC(C)(C)C)Cc1ccccc1. The van der Waals surface area contributed by atoms with Crippen LogP contribution in [0.1, 0.15) is 57.6 Å². The van der Waals surface area contributed by atoms with Gasteiger partial charge in [0, 0.05) is 6.42 Å². The van der Waals surface area contributed by atoms with E-state index in [1.54, 1.807) is 32.9 Å². The second-order valence-corrected chi connectivity index (χ2v) is 12.1. The number of hydrogen-bond acceptors (Lipinski definition) is 7. The summed E-state index contributed by atoms with van der Waals surface area (Å²) in [6.45, 7) is 12.3. The fourth-order valence-corrected chi connectivity index (χ4v) is 4.77. The topological polar surface area (TPSA) is 131 Å². The van der Waals surface area contributed by atoms with Gasteiger partial charge in [0.25, 0.3) is 0 Å². The summed E-state index contributed by atoms with van der Waals surface area (Å²) in [5, 5.41) is 15.6. The Balaban J connectivity index is 2.09. The van der Waals surface area contributed by atoms with Crippen molar-refractivity contribution in [1.29, 1.82) is 0 Å². The predicted molar refractivity (Wildman–Crippen MR) is 174 cm³/mol. The lowest BCUT2D eigenvalue weighted by molar-refractivity contribution is -0.161. The molecule has 0 aliphatic heterocycles. The number of esters is 2. The van der Waals surface area contributed by atoms with Crippen LogP contribution < -0.4 is 10.6 Å². The van der Waals surface area contributed by atoms with Crippen molar-refractivity contribution in [2.24, 2.45) is 11.8 Å². The Morgan fingerprint density at radius 2 is 1.33 bits per heavy atom. The second-order valence-electron chi connectivity index (χ2n) is 12.1. The lowest BCUT2D eigenvalue weighted by Crippen LogP contribution is -2.45. The molecule has 0 fully saturated rings. The largest absolute Gasteiger partial charge is 0.463 e. The molecule has 0 aromatic heterocycles. The fourth-order valence-electron chi connectivity index (χ4n) is 4.77. The first-order chi connectivity index (χ1) is 21.4. The monoisotopic (exact) mass is 620 g/mol. The van der Waals surface area contributed by atoms with Crippen LogP contribution in [-0.4, -0.2) is 59.8 Å². The van der Waals surface area contributed by atoms with Crippen molar-refractivity contribution in [1.82, 2.24) is 10.6 Å². The summed E-state index contributed by atoms with van der Waals surface area (Å²) in [5.41, 5.74) is 1.20. The van der Waals surface area contributed by atoms with Gasteiger partial charge in [-0.15, -0.1) is 13.2 Å². The minimum absolute atomic E-state index is 0.113. The van der Waals surface area contributed by atoms with E-state index in [-0.39, 0.29) is 50.7 Å². The van der Waals surface area contributed by atoms with E-state index >= 15 is 0 Å². The third-order valence-electron chi connectivity index (χ3n) is 6.88. The molecule has 0 radical (unpaired) electrons. The van der Waals surface area contributed by atoms with Gasteiger partial charge in [0.05, 0.1) is 36.9 Å². The molecule has 0 unspecified atom stereocenters. The van der Waals surface area contributed by atoms with Crippen molar-refractivity contribution in [3.05, 3.63) is 97.1 Å². The highest BCUT2D eigenvalue weighted by molar-refractivity contribution is 5.86. The van der Waals surface area contributed by atoms with Crippen molar-refractivity contribution in [2.45, 2.75) is 77.0 Å². The zero-order valence-electron chi connectivity index (χ0n) is 26.7. The van der Waals surface area contributed by atoms with E-state index in [0.717, 1.165) is 11.1 Å². The number of aliphatic hydroxyl groups excluding tert-OH is 1. The first kappa shape index (κ1) is 36.9. The van der Waals surface area contributed by atoms with Gasteiger partial charge in [0.2, 0.25) is 11.8 Å². The first-order valence-corrected chi connectivity index (χ1v) is 15.3. The lowest BCUT2D eigenvalue weighted by atomic mass is 9.97. The molecule has 0 saturated heterocycles. The van der Waals surface area contributed by atoms with E-state index < -0.39 is 41.5 Å². The Hall–Kier alpha value is -4.24. The number of hydrogen-bond donors (Lipinski definition) is 3. The van der Waals surface area contributed by atoms with Crippen LogP contribution in [0.5, 0.6) is 0 Å². The summed E-state index contributed by atoms with van der Waals surface area (Å²) in [6.07, 6.45) is 4.15. The molecule has 3 N–H and O–H groups in total. The Morgan fingerprint density at radius 3 is 1.84 bits per heavy atom. The highest BCUT2D eigenvalue weighted by atomic mass is 16.6. The van der Waals surface area contributed by atoms with Crippen LogP contribution in [0.4, 0.5) is 0 Å². The maximum atomic E-state index is 13.5. The molecular weight excluding hydrogens is 572 g/mol. The van der Waals surface area contributed by atoms with Gasteiger partial charge in [0.15, 0.2) is 0 Å². The highest BCUT2D eigenvalue weighted by Gasteiger charge is 2.28. The minimum Gasteiger partial charge on any atom is -0.463 e. The minimum atomic E-state index is -0.780. The van der Waals surface area contributed by atoms with E-state index in [9.17, 15) is 24.3 Å². The van der Waals surface area contributed by atoms with Crippen molar-refractivity contribution >= 4 is 23.8 Å². The number of carbonyl (C=O) groups is 4. The number of benzene rings is 2. The number of rotatable bonds is 19. The van der Waals surface area contributed by atoms with Crippen molar-refractivity contribution < 1.29 is 33.8 Å². The quantitative estimate of drug-likeness (QED) is 0.156. The molecule has 0 heterocycles. The van der Waals surface area contributed by atoms with E-state index in [0.29, 0.717) is 12.8 Å². The highest BCUT2D eigenvalue weighted by Crippen LogP contribution is 2.18. The summed E-state index contributed by atoms with van der Waals surface area (Å²) in [6, 6.07) is 17.8. The Labute approximate surface area is 267 Å². The van der Waals surface area contributed by atoms with Crippen LogP contribution in [0.3, 0.4) is 0 Å². The second kappa shape index (κ2) is 19.2. The molecule has 2 amide bonds. The molecule has 0 aliphatic rings. The number of ether oxygens (including phenoxy) is 2. The molecule has 0 spiro atoms. The molecule has 0 saturated carbocycles. The molecule has 2 aromatic carbocycles. The summed E-state index contributed by atoms with van der Waals surface area (Å²) in [5.74, 6) is -3.37. The molecule has 9 heteroatoms. The zero-order chi connectivity index (χ0) is 33.2. The smallest absolute Gasteiger partial charge is 0.309 e. The van der Waals surface area contributed by atoms with Gasteiger partial charge < -0.3 is 25.2 Å². The van der Waals surface area contributed by atoms with Gasteiger partial charge in [-0.25, -0.2) is 0 Å². The molecule has 2 aromatic rings. The average Bonchev–Trinajstić information content (AvgIpc) is 2.99. The fraction of sp³-hybridized carbons (Fsp3) is 0.444. The molecular formula is C36H48N2O7. The number of carbonyl (C=O) groups excluding carboxylic acids is 4. The third-order valence-corrected chi connectivity index (χ3v) is 6.88. The Bertz CT molecular complexity index is 1240. The Kier molecular flexibility index (Phi) is 15.8. The maximum absolute atomic E-state index is 13.5. The molecule has 0 aliphatic carbocycles. The van der Waals surface area contributed by atoms with Crippen LogP contribution in [0, 0.1) is 11.8 Å². The third kappa shape index (κ3) is 14.9. The van der Waals surface area contributed by atoms with Crippen LogP contribution in [0.2, 0.25) is 0 Å². The van der Waals surface area contributed by atoms with Gasteiger partial charge in [-0.05, 0) is 57.6 Å². The summed E-state index contributed by atoms with van der Waals surface area (Å²) < 4.78 is 11.0. The van der Waals surface area contributed by atoms with Crippen molar-refractivity contribution in [3.63, 3.8) is 0 Å². The zero-order valence-corrected chi connectivity index (χ0v) is 26.7. The van der Waals surface area contributed by atoms with Crippen LogP contribution in [0.25, 0.3) is 0 Å². The Morgan fingerprint density at radius 1 is 0.800 bits per heavy atom. The summed E-state index contributed by atoms with van der Waals surface area (Å²) in [4.78, 5) is 51.9. The standard InChI is InChI=1S/C36H48N2O7/c1-6-14-28(22-32(40)37-30(24-39)20-26-16-10-8-11-17-26)34(42)38-31(21-27-18-12-9-13-19-27)25-44-35(43)29(15-7-2)23-33(41)45-36(3,4)5/h6-13,16-19,28-31,39H,1-2,14-15,20-25H2,3-5H3,(H,37,40)(H,38,42)/t28-,29-,30-,31-/m0/s1. The van der Waals surface area contributed by atoms with Gasteiger partial charge in [-0.1, -0.05) is 72.8 Å². The van der Waals surface area contributed by atoms with Gasteiger partial charge in [-0.2, -0.15) is 0 Å². The van der Waals surface area contributed by atoms with E-state index in [1.165, 1.54) is 0 Å². The van der Waals surface area contributed by atoms with E-state index in [2.05, 4.69) is 23.8 Å². The van der Waals surface area contributed by atoms with E-state index in [4.69, 9.17) is 9.47 Å². The van der Waals surface area contributed by atoms with E-state index in [1.807, 2.05) is 60.7 Å². The predicted octanol–water partition coefficient (Wildman–Crippen LogP) is 4.48. The molecule has 2 rings (SSSR count). The first-order valence-electron chi connectivity index (χ1n) is 15.3. The number of aliphatic hydroxyl groups is 1. The number of nitrogens with one attached hydrogen (secondary N) is 2. The van der Waals surface area contributed by atoms with Gasteiger partial charge >= 0.3 is 11.9 Å².